The number of ether oxygens (including phenoxy) is 1. The van der Waals surface area contributed by atoms with Crippen molar-refractivity contribution >= 4 is 29.7 Å². The maximum atomic E-state index is 12.3. The molecule has 0 bridgehead atoms. The Bertz CT molecular complexity index is 1180. The Morgan fingerprint density at radius 3 is 2.22 bits per heavy atom. The zero-order valence-electron chi connectivity index (χ0n) is 18.0. The quantitative estimate of drug-likeness (QED) is 0.211. The molecular formula is C25H23N3O4. The van der Waals surface area contributed by atoms with Gasteiger partial charge in [0, 0.05) is 5.69 Å². The Morgan fingerprint density at radius 1 is 0.812 bits per heavy atom. The third kappa shape index (κ3) is 5.89. The predicted molar refractivity (Wildman–Crippen MR) is 123 cm³/mol. The number of amides is 2. The van der Waals surface area contributed by atoms with Crippen LogP contribution in [0.1, 0.15) is 32.6 Å². The first-order valence-corrected chi connectivity index (χ1v) is 9.93. The summed E-state index contributed by atoms with van der Waals surface area (Å²) in [7, 11) is 0. The second-order valence-electron chi connectivity index (χ2n) is 7.23. The molecule has 0 aliphatic carbocycles. The molecule has 3 aromatic rings. The molecule has 0 fully saturated rings. The molecule has 0 aromatic heterocycles. The molecular weight excluding hydrogens is 406 g/mol. The standard InChI is InChI=1S/C25H23N3O4/c1-16-8-11-20(14-18(16)3)27-23(29)24(30)28-26-15-19-9-12-21(13-10-19)32-25(31)22-7-5-4-6-17(22)2/h4-15H,1-3H3,(H,27,29)(H,28,30)/b26-15+. The van der Waals surface area contributed by atoms with Crippen LogP contribution >= 0.6 is 0 Å². The lowest BCUT2D eigenvalue weighted by molar-refractivity contribution is -0.136. The Morgan fingerprint density at radius 2 is 1.53 bits per heavy atom. The Hall–Kier alpha value is -4.26. The van der Waals surface area contributed by atoms with E-state index in [2.05, 4.69) is 15.8 Å². The molecule has 0 atom stereocenters. The van der Waals surface area contributed by atoms with Gasteiger partial charge in [-0.25, -0.2) is 10.2 Å². The number of aryl methyl sites for hydroxylation is 3. The number of hydrazone groups is 1. The highest BCUT2D eigenvalue weighted by Gasteiger charge is 2.13. The van der Waals surface area contributed by atoms with Crippen LogP contribution in [0.2, 0.25) is 0 Å². The molecule has 0 radical (unpaired) electrons. The highest BCUT2D eigenvalue weighted by molar-refractivity contribution is 6.39. The lowest BCUT2D eigenvalue weighted by Gasteiger charge is -2.07. The van der Waals surface area contributed by atoms with Crippen molar-refractivity contribution in [3.05, 3.63) is 94.5 Å². The van der Waals surface area contributed by atoms with Gasteiger partial charge in [-0.05, 0) is 85.5 Å². The van der Waals surface area contributed by atoms with E-state index in [9.17, 15) is 14.4 Å². The zero-order chi connectivity index (χ0) is 23.1. The van der Waals surface area contributed by atoms with Crippen molar-refractivity contribution in [1.29, 1.82) is 0 Å². The van der Waals surface area contributed by atoms with E-state index in [4.69, 9.17) is 4.74 Å². The number of carbonyl (C=O) groups is 3. The minimum Gasteiger partial charge on any atom is -0.423 e. The fraction of sp³-hybridized carbons (Fsp3) is 0.120. The summed E-state index contributed by atoms with van der Waals surface area (Å²) in [6, 6.07) is 19.1. The van der Waals surface area contributed by atoms with Gasteiger partial charge in [-0.2, -0.15) is 5.10 Å². The summed E-state index contributed by atoms with van der Waals surface area (Å²) in [5.74, 6) is -1.76. The van der Waals surface area contributed by atoms with Crippen LogP contribution in [0.5, 0.6) is 5.75 Å². The molecule has 0 aliphatic heterocycles. The summed E-state index contributed by atoms with van der Waals surface area (Å²) in [5, 5.41) is 6.32. The van der Waals surface area contributed by atoms with Gasteiger partial charge in [0.15, 0.2) is 0 Å². The van der Waals surface area contributed by atoms with Crippen LogP contribution in [0.15, 0.2) is 71.8 Å². The molecule has 162 valence electrons. The number of nitrogens with one attached hydrogen (secondary N) is 2. The van der Waals surface area contributed by atoms with Crippen LogP contribution in [0, 0.1) is 20.8 Å². The number of carbonyl (C=O) groups excluding carboxylic acids is 3. The average molecular weight is 429 g/mol. The third-order valence-electron chi connectivity index (χ3n) is 4.81. The van der Waals surface area contributed by atoms with Crippen LogP contribution in [-0.2, 0) is 9.59 Å². The fourth-order valence-electron chi connectivity index (χ4n) is 2.81. The van der Waals surface area contributed by atoms with E-state index in [-0.39, 0.29) is 0 Å². The first kappa shape index (κ1) is 22.4. The molecule has 7 heteroatoms. The van der Waals surface area contributed by atoms with Gasteiger partial charge in [0.25, 0.3) is 0 Å². The van der Waals surface area contributed by atoms with Gasteiger partial charge in [0.05, 0.1) is 11.8 Å². The van der Waals surface area contributed by atoms with Crippen LogP contribution in [0.4, 0.5) is 5.69 Å². The van der Waals surface area contributed by atoms with Crippen LogP contribution in [0.25, 0.3) is 0 Å². The van der Waals surface area contributed by atoms with Gasteiger partial charge in [-0.3, -0.25) is 9.59 Å². The Balaban J connectivity index is 1.52. The monoisotopic (exact) mass is 429 g/mol. The van der Waals surface area contributed by atoms with Crippen molar-refractivity contribution in [1.82, 2.24) is 5.43 Å². The normalized spacial score (nSPS) is 10.6. The Labute approximate surface area is 186 Å². The lowest BCUT2D eigenvalue weighted by atomic mass is 10.1. The van der Waals surface area contributed by atoms with Gasteiger partial charge in [-0.15, -0.1) is 0 Å². The number of hydrogen-bond donors (Lipinski definition) is 2. The molecule has 0 saturated carbocycles. The summed E-state index contributed by atoms with van der Waals surface area (Å²) in [6.45, 7) is 5.72. The van der Waals surface area contributed by atoms with Crippen molar-refractivity contribution in [3.63, 3.8) is 0 Å². The number of rotatable bonds is 5. The van der Waals surface area contributed by atoms with Gasteiger partial charge < -0.3 is 10.1 Å². The van der Waals surface area contributed by atoms with Gasteiger partial charge in [0.1, 0.15) is 5.75 Å². The lowest BCUT2D eigenvalue weighted by Crippen LogP contribution is -2.32. The molecule has 7 nitrogen and oxygen atoms in total. The van der Waals surface area contributed by atoms with E-state index in [1.807, 2.05) is 39.0 Å². The van der Waals surface area contributed by atoms with E-state index in [0.29, 0.717) is 22.6 Å². The van der Waals surface area contributed by atoms with Crippen molar-refractivity contribution in [2.24, 2.45) is 5.10 Å². The van der Waals surface area contributed by atoms with Gasteiger partial charge in [-0.1, -0.05) is 24.3 Å². The van der Waals surface area contributed by atoms with E-state index < -0.39 is 17.8 Å². The first-order valence-electron chi connectivity index (χ1n) is 9.93. The predicted octanol–water partition coefficient (Wildman–Crippen LogP) is 3.92. The van der Waals surface area contributed by atoms with E-state index in [1.54, 1.807) is 48.5 Å². The molecule has 0 spiro atoms. The highest BCUT2D eigenvalue weighted by atomic mass is 16.5. The van der Waals surface area contributed by atoms with Crippen molar-refractivity contribution in [2.45, 2.75) is 20.8 Å². The largest absolute Gasteiger partial charge is 0.423 e. The van der Waals surface area contributed by atoms with Gasteiger partial charge in [0.2, 0.25) is 0 Å². The molecule has 0 unspecified atom stereocenters. The summed E-state index contributed by atoms with van der Waals surface area (Å²) < 4.78 is 5.38. The van der Waals surface area contributed by atoms with E-state index in [1.165, 1.54) is 6.21 Å². The summed E-state index contributed by atoms with van der Waals surface area (Å²) in [5.41, 5.74) is 6.80. The summed E-state index contributed by atoms with van der Waals surface area (Å²) in [6.07, 6.45) is 1.38. The first-order chi connectivity index (χ1) is 15.3. The topological polar surface area (TPSA) is 96.9 Å². The van der Waals surface area contributed by atoms with Gasteiger partial charge >= 0.3 is 17.8 Å². The van der Waals surface area contributed by atoms with E-state index >= 15 is 0 Å². The summed E-state index contributed by atoms with van der Waals surface area (Å²) in [4.78, 5) is 36.2. The number of esters is 1. The second-order valence-corrected chi connectivity index (χ2v) is 7.23. The minimum atomic E-state index is -0.886. The fourth-order valence-corrected chi connectivity index (χ4v) is 2.81. The maximum Gasteiger partial charge on any atom is 0.343 e. The van der Waals surface area contributed by atoms with Crippen LogP contribution < -0.4 is 15.5 Å². The molecule has 2 N–H and O–H groups in total. The third-order valence-corrected chi connectivity index (χ3v) is 4.81. The second kappa shape index (κ2) is 10.2. The van der Waals surface area contributed by atoms with E-state index in [0.717, 1.165) is 16.7 Å². The van der Waals surface area contributed by atoms with Crippen molar-refractivity contribution < 1.29 is 19.1 Å². The molecule has 3 rings (SSSR count). The highest BCUT2D eigenvalue weighted by Crippen LogP contribution is 2.16. The Kier molecular flexibility index (Phi) is 7.13. The maximum absolute atomic E-state index is 12.3. The number of nitrogens with zero attached hydrogens (tertiary/aromatic N) is 1. The smallest absolute Gasteiger partial charge is 0.343 e. The summed E-state index contributed by atoms with van der Waals surface area (Å²) >= 11 is 0. The molecule has 0 heterocycles. The molecule has 0 saturated heterocycles. The number of hydrogen-bond acceptors (Lipinski definition) is 5. The zero-order valence-corrected chi connectivity index (χ0v) is 18.0. The molecule has 32 heavy (non-hydrogen) atoms. The molecule has 2 amide bonds. The number of anilines is 1. The number of benzene rings is 3. The average Bonchev–Trinajstić information content (AvgIpc) is 2.77. The minimum absolute atomic E-state index is 0.382. The van der Waals surface area contributed by atoms with Crippen molar-refractivity contribution in [2.75, 3.05) is 5.32 Å². The molecule has 0 aliphatic rings. The SMILES string of the molecule is Cc1ccc(NC(=O)C(=O)N/N=C/c2ccc(OC(=O)c3ccccc3C)cc2)cc1C. The van der Waals surface area contributed by atoms with Crippen LogP contribution in [-0.4, -0.2) is 24.0 Å². The molecule has 3 aromatic carbocycles. The van der Waals surface area contributed by atoms with Crippen LogP contribution in [0.3, 0.4) is 0 Å². The van der Waals surface area contributed by atoms with Crippen molar-refractivity contribution in [3.8, 4) is 5.75 Å².